The molecular weight excluding hydrogens is 586 g/mol. The molecule has 0 aliphatic rings. The molecule has 0 N–H and O–H groups in total. The first-order chi connectivity index (χ1) is 17.9. The third kappa shape index (κ3) is 9.31. The van der Waals surface area contributed by atoms with Crippen LogP contribution in [0.1, 0.15) is 31.4 Å². The van der Waals surface area contributed by atoms with E-state index in [1.54, 1.807) is 0 Å². The van der Waals surface area contributed by atoms with Gasteiger partial charge in [0, 0.05) is 6.42 Å². The van der Waals surface area contributed by atoms with Gasteiger partial charge in [-0.3, -0.25) is 8.57 Å². The number of hydrogen-bond donors (Lipinski definition) is 0. The van der Waals surface area contributed by atoms with Crippen molar-refractivity contribution in [2.24, 2.45) is 10.3 Å². The predicted molar refractivity (Wildman–Crippen MR) is 125 cm³/mol. The number of alkyl halides is 6. The molecule has 0 unspecified atom stereocenters. The van der Waals surface area contributed by atoms with Gasteiger partial charge in [0.1, 0.15) is 11.5 Å². The first-order valence-electron chi connectivity index (χ1n) is 10.5. The molecule has 0 atom stereocenters. The molecule has 39 heavy (non-hydrogen) atoms. The fourth-order valence-electron chi connectivity index (χ4n) is 2.42. The molecule has 0 saturated carbocycles. The van der Waals surface area contributed by atoms with Crippen LogP contribution in [0.5, 0.6) is 11.5 Å². The smallest absolute Gasteiger partial charge is 0.493 e. The molecule has 18 heteroatoms. The van der Waals surface area contributed by atoms with E-state index in [-0.39, 0.29) is 24.6 Å². The van der Waals surface area contributed by atoms with Crippen molar-refractivity contribution in [3.63, 3.8) is 0 Å². The van der Waals surface area contributed by atoms with Crippen LogP contribution in [0.3, 0.4) is 0 Å². The zero-order valence-electron chi connectivity index (χ0n) is 20.0. The SMILES string of the molecule is CC(=NOS(=O)(=O)C(F)(F)F)c1ccc(OCCCOc2ccc(C(C)=NOS(=O)(=O)C(F)(F)F)cc2)cc1. The summed E-state index contributed by atoms with van der Waals surface area (Å²) in [4.78, 5) is 0. The summed E-state index contributed by atoms with van der Waals surface area (Å²) in [6.45, 7) is 2.94. The van der Waals surface area contributed by atoms with Gasteiger partial charge in [0.15, 0.2) is 0 Å². The van der Waals surface area contributed by atoms with Crippen LogP contribution in [0.4, 0.5) is 26.3 Å². The van der Waals surface area contributed by atoms with Crippen molar-refractivity contribution in [3.8, 4) is 11.5 Å². The van der Waals surface area contributed by atoms with E-state index in [0.717, 1.165) is 0 Å². The Kier molecular flexibility index (Phi) is 10.2. The Morgan fingerprint density at radius 1 is 0.641 bits per heavy atom. The second kappa shape index (κ2) is 12.5. The first kappa shape index (κ1) is 31.7. The molecular formula is C21H20F6N2O8S2. The molecule has 0 fully saturated rings. The van der Waals surface area contributed by atoms with Crippen molar-refractivity contribution in [1.29, 1.82) is 0 Å². The van der Waals surface area contributed by atoms with E-state index in [0.29, 0.717) is 29.0 Å². The third-order valence-corrected chi connectivity index (χ3v) is 6.16. The summed E-state index contributed by atoms with van der Waals surface area (Å²) in [5.41, 5.74) is -10.8. The highest BCUT2D eigenvalue weighted by Crippen LogP contribution is 2.26. The molecule has 0 bridgehead atoms. The molecule has 0 amide bonds. The lowest BCUT2D eigenvalue weighted by Gasteiger charge is -2.09. The maximum absolute atomic E-state index is 12.3. The van der Waals surface area contributed by atoms with E-state index >= 15 is 0 Å². The van der Waals surface area contributed by atoms with E-state index in [4.69, 9.17) is 9.47 Å². The fraction of sp³-hybridized carbons (Fsp3) is 0.333. The van der Waals surface area contributed by atoms with E-state index in [9.17, 15) is 43.2 Å². The lowest BCUT2D eigenvalue weighted by molar-refractivity contribution is -0.0545. The van der Waals surface area contributed by atoms with E-state index < -0.39 is 31.3 Å². The Hall–Kier alpha value is -3.54. The lowest BCUT2D eigenvalue weighted by Crippen LogP contribution is -2.24. The Morgan fingerprint density at radius 3 is 1.23 bits per heavy atom. The van der Waals surface area contributed by atoms with Crippen molar-refractivity contribution in [1.82, 2.24) is 0 Å². The molecule has 0 aromatic heterocycles. The van der Waals surface area contributed by atoms with Crippen LogP contribution in [0, 0.1) is 0 Å². The van der Waals surface area contributed by atoms with E-state index in [1.165, 1.54) is 62.4 Å². The maximum atomic E-state index is 12.3. The van der Waals surface area contributed by atoms with Crippen LogP contribution < -0.4 is 9.47 Å². The standard InChI is InChI=1S/C21H20F6N2O8S2/c1-14(28-36-38(30,31)20(22,23)24)16-4-8-18(9-5-16)34-12-3-13-35-19-10-6-17(7-11-19)15(2)29-37-39(32,33)21(25,26)27/h4-11H,3,12-13H2,1-2H3. The van der Waals surface area contributed by atoms with Crippen molar-refractivity contribution >= 4 is 31.7 Å². The minimum absolute atomic E-state index is 0.117. The minimum Gasteiger partial charge on any atom is -0.493 e. The van der Waals surface area contributed by atoms with Crippen molar-refractivity contribution < 1.29 is 61.2 Å². The topological polar surface area (TPSA) is 130 Å². The summed E-state index contributed by atoms with van der Waals surface area (Å²) < 4.78 is 136. The van der Waals surface area contributed by atoms with Gasteiger partial charge in [-0.25, -0.2) is 0 Å². The molecule has 2 rings (SSSR count). The normalized spacial score (nSPS) is 13.6. The number of ether oxygens (including phenoxy) is 2. The minimum atomic E-state index is -5.85. The van der Waals surface area contributed by atoms with Crippen molar-refractivity contribution in [2.45, 2.75) is 31.3 Å². The third-order valence-electron chi connectivity index (χ3n) is 4.48. The average molecular weight is 607 g/mol. The number of nitrogens with zero attached hydrogens (tertiary/aromatic N) is 2. The fourth-order valence-corrected chi connectivity index (χ4v) is 3.01. The zero-order valence-corrected chi connectivity index (χ0v) is 21.6. The Bertz CT molecular complexity index is 1280. The second-order valence-electron chi connectivity index (χ2n) is 7.40. The van der Waals surface area contributed by atoms with Crippen LogP contribution in [0.2, 0.25) is 0 Å². The highest BCUT2D eigenvalue weighted by molar-refractivity contribution is 7.87. The van der Waals surface area contributed by atoms with Crippen molar-refractivity contribution in [2.75, 3.05) is 13.2 Å². The molecule has 0 radical (unpaired) electrons. The molecule has 2 aromatic rings. The molecule has 10 nitrogen and oxygen atoms in total. The van der Waals surface area contributed by atoms with Gasteiger partial charge in [-0.1, -0.05) is 10.3 Å². The quantitative estimate of drug-likeness (QED) is 0.112. The molecule has 2 aromatic carbocycles. The predicted octanol–water partition coefficient (Wildman–Crippen LogP) is 4.71. The van der Waals surface area contributed by atoms with Gasteiger partial charge in [0.25, 0.3) is 0 Å². The average Bonchev–Trinajstić information content (AvgIpc) is 2.85. The second-order valence-corrected chi connectivity index (χ2v) is 10.4. The van der Waals surface area contributed by atoms with Gasteiger partial charge < -0.3 is 9.47 Å². The number of oxime groups is 2. The summed E-state index contributed by atoms with van der Waals surface area (Å²) in [7, 11) is -11.7. The van der Waals surface area contributed by atoms with E-state index in [1.807, 2.05) is 0 Å². The highest BCUT2D eigenvalue weighted by atomic mass is 32.2. The van der Waals surface area contributed by atoms with Crippen LogP contribution in [-0.2, 0) is 28.8 Å². The summed E-state index contributed by atoms with van der Waals surface area (Å²) in [6, 6.07) is 11.7. The summed E-state index contributed by atoms with van der Waals surface area (Å²) in [5.74, 6) is 0.813. The zero-order chi connectivity index (χ0) is 29.5. The van der Waals surface area contributed by atoms with Crippen LogP contribution in [0.15, 0.2) is 58.8 Å². The lowest BCUT2D eigenvalue weighted by atomic mass is 10.1. The molecule has 0 spiro atoms. The van der Waals surface area contributed by atoms with Crippen LogP contribution >= 0.6 is 0 Å². The number of benzene rings is 2. The molecule has 0 aliphatic carbocycles. The molecule has 0 heterocycles. The number of hydrogen-bond acceptors (Lipinski definition) is 10. The van der Waals surface area contributed by atoms with Gasteiger partial charge in [-0.05, 0) is 73.5 Å². The van der Waals surface area contributed by atoms with Crippen molar-refractivity contribution in [3.05, 3.63) is 59.7 Å². The molecule has 216 valence electrons. The van der Waals surface area contributed by atoms with Gasteiger partial charge in [0.2, 0.25) is 0 Å². The first-order valence-corrected chi connectivity index (χ1v) is 13.3. The Morgan fingerprint density at radius 2 is 0.949 bits per heavy atom. The molecule has 0 saturated heterocycles. The Balaban J connectivity index is 1.79. The Labute approximate surface area is 219 Å². The summed E-state index contributed by atoms with van der Waals surface area (Å²) in [6.07, 6.45) is 0.427. The van der Waals surface area contributed by atoms with Gasteiger partial charge in [-0.2, -0.15) is 43.2 Å². The molecule has 0 aliphatic heterocycles. The largest absolute Gasteiger partial charge is 0.536 e. The van der Waals surface area contributed by atoms with Gasteiger partial charge in [-0.15, -0.1) is 0 Å². The van der Waals surface area contributed by atoms with E-state index in [2.05, 4.69) is 18.9 Å². The monoisotopic (exact) mass is 606 g/mol. The summed E-state index contributed by atoms with van der Waals surface area (Å²) in [5, 5.41) is 5.99. The highest BCUT2D eigenvalue weighted by Gasteiger charge is 2.49. The van der Waals surface area contributed by atoms with Crippen LogP contribution in [0.25, 0.3) is 0 Å². The summed E-state index contributed by atoms with van der Waals surface area (Å²) >= 11 is 0. The number of halogens is 6. The van der Waals surface area contributed by atoms with Gasteiger partial charge in [0.05, 0.1) is 24.6 Å². The van der Waals surface area contributed by atoms with Gasteiger partial charge >= 0.3 is 31.3 Å². The maximum Gasteiger partial charge on any atom is 0.536 e. The number of rotatable bonds is 12. The van der Waals surface area contributed by atoms with Crippen LogP contribution in [-0.4, -0.2) is 52.5 Å².